The molecule has 0 spiro atoms. The molecule has 0 aromatic heterocycles. The second-order valence-corrected chi connectivity index (χ2v) is 6.17. The predicted molar refractivity (Wildman–Crippen MR) is 96.1 cm³/mol. The molecule has 0 unspecified atom stereocenters. The highest BCUT2D eigenvalue weighted by molar-refractivity contribution is 8.12. The maximum Gasteiger partial charge on any atom is 0.329 e. The first-order chi connectivity index (χ1) is 11.0. The minimum absolute atomic E-state index is 0.222. The van der Waals surface area contributed by atoms with Crippen molar-refractivity contribution in [2.75, 3.05) is 11.6 Å². The number of urea groups is 1. The summed E-state index contributed by atoms with van der Waals surface area (Å²) < 4.78 is 0. The van der Waals surface area contributed by atoms with Crippen molar-refractivity contribution in [3.63, 3.8) is 0 Å². The zero-order chi connectivity index (χ0) is 16.8. The Bertz CT molecular complexity index is 687. The lowest BCUT2D eigenvalue weighted by atomic mass is 10.1. The van der Waals surface area contributed by atoms with Crippen LogP contribution in [0.2, 0.25) is 5.02 Å². The van der Waals surface area contributed by atoms with Crippen LogP contribution in [0.4, 0.5) is 15.3 Å². The highest BCUT2D eigenvalue weighted by Gasteiger charge is 2.21. The van der Waals surface area contributed by atoms with Crippen LogP contribution in [-0.4, -0.2) is 22.4 Å². The molecule has 1 N–H and O–H groups in total. The first-order valence-corrected chi connectivity index (χ1v) is 8.57. The molecule has 23 heavy (non-hydrogen) atoms. The highest BCUT2D eigenvalue weighted by Crippen LogP contribution is 2.17. The molecule has 2 aromatic carbocycles. The molecular formula is C17H17ClN2O2S. The van der Waals surface area contributed by atoms with Crippen molar-refractivity contribution in [2.45, 2.75) is 13.5 Å². The molecule has 0 saturated heterocycles. The number of hydrogen-bond donors (Lipinski definition) is 1. The van der Waals surface area contributed by atoms with Gasteiger partial charge in [0.05, 0.1) is 6.54 Å². The van der Waals surface area contributed by atoms with Gasteiger partial charge in [-0.1, -0.05) is 53.2 Å². The van der Waals surface area contributed by atoms with Gasteiger partial charge in [-0.3, -0.25) is 9.69 Å². The van der Waals surface area contributed by atoms with Gasteiger partial charge >= 0.3 is 6.03 Å². The van der Waals surface area contributed by atoms with Gasteiger partial charge in [0.1, 0.15) is 0 Å². The van der Waals surface area contributed by atoms with Crippen LogP contribution in [0.5, 0.6) is 0 Å². The Labute approximate surface area is 144 Å². The van der Waals surface area contributed by atoms with Gasteiger partial charge in [-0.2, -0.15) is 0 Å². The molecule has 0 radical (unpaired) electrons. The molecule has 120 valence electrons. The van der Waals surface area contributed by atoms with E-state index in [4.69, 9.17) is 11.6 Å². The lowest BCUT2D eigenvalue weighted by Gasteiger charge is -2.20. The zero-order valence-corrected chi connectivity index (χ0v) is 14.4. The number of anilines is 1. The quantitative estimate of drug-likeness (QED) is 0.832. The largest absolute Gasteiger partial charge is 0.329 e. The third-order valence-electron chi connectivity index (χ3n) is 3.20. The Hall–Kier alpha value is -1.98. The molecule has 0 heterocycles. The number of carbonyl (C=O) groups is 2. The number of hydrogen-bond acceptors (Lipinski definition) is 3. The van der Waals surface area contributed by atoms with Crippen molar-refractivity contribution in [2.24, 2.45) is 0 Å². The first kappa shape index (κ1) is 17.4. The molecule has 4 nitrogen and oxygen atoms in total. The van der Waals surface area contributed by atoms with Crippen molar-refractivity contribution in [1.29, 1.82) is 0 Å². The van der Waals surface area contributed by atoms with Crippen molar-refractivity contribution >= 4 is 40.3 Å². The summed E-state index contributed by atoms with van der Waals surface area (Å²) in [5.41, 5.74) is 2.61. The summed E-state index contributed by atoms with van der Waals surface area (Å²) in [7, 11) is 0. The van der Waals surface area contributed by atoms with Crippen LogP contribution in [0.15, 0.2) is 48.5 Å². The highest BCUT2D eigenvalue weighted by atomic mass is 35.5. The van der Waals surface area contributed by atoms with Crippen LogP contribution in [0.25, 0.3) is 0 Å². The second kappa shape index (κ2) is 8.04. The Morgan fingerprint density at radius 1 is 1.09 bits per heavy atom. The number of aryl methyl sites for hydroxylation is 1. The summed E-state index contributed by atoms with van der Waals surface area (Å²) >= 11 is 6.82. The van der Waals surface area contributed by atoms with E-state index >= 15 is 0 Å². The number of nitrogens with one attached hydrogen (secondary N) is 1. The molecule has 6 heteroatoms. The summed E-state index contributed by atoms with van der Waals surface area (Å²) in [4.78, 5) is 25.7. The molecule has 0 aliphatic heterocycles. The summed E-state index contributed by atoms with van der Waals surface area (Å²) in [6.45, 7) is 2.21. The van der Waals surface area contributed by atoms with Gasteiger partial charge in [-0.15, -0.1) is 0 Å². The van der Waals surface area contributed by atoms with E-state index in [0.717, 1.165) is 22.9 Å². The van der Waals surface area contributed by atoms with Gasteiger partial charge in [0, 0.05) is 10.7 Å². The normalized spacial score (nSPS) is 10.2. The standard InChI is InChI=1S/C17H17ClN2O2S/c1-12-3-5-13(6-4-12)11-20(17(22)23-2)16(21)19-15-9-7-14(18)8-10-15/h3-10H,11H2,1-2H3,(H,19,21). The number of nitrogens with zero attached hydrogens (tertiary/aromatic N) is 1. The van der Waals surface area contributed by atoms with E-state index in [2.05, 4.69) is 5.32 Å². The molecule has 0 saturated carbocycles. The van der Waals surface area contributed by atoms with Crippen molar-refractivity contribution in [3.8, 4) is 0 Å². The minimum atomic E-state index is -0.466. The predicted octanol–water partition coefficient (Wildman–Crippen LogP) is 5.17. The van der Waals surface area contributed by atoms with Gasteiger partial charge in [-0.25, -0.2) is 4.79 Å². The number of amides is 3. The van der Waals surface area contributed by atoms with E-state index in [0.29, 0.717) is 10.7 Å². The van der Waals surface area contributed by atoms with Crippen LogP contribution >= 0.6 is 23.4 Å². The molecule has 3 amide bonds. The smallest absolute Gasteiger partial charge is 0.307 e. The monoisotopic (exact) mass is 348 g/mol. The van der Waals surface area contributed by atoms with Gasteiger partial charge < -0.3 is 5.32 Å². The number of benzene rings is 2. The summed E-state index contributed by atoms with van der Waals surface area (Å²) in [5, 5.41) is 2.99. The van der Waals surface area contributed by atoms with E-state index in [9.17, 15) is 9.59 Å². The van der Waals surface area contributed by atoms with Crippen LogP contribution in [-0.2, 0) is 6.54 Å². The lowest BCUT2D eigenvalue weighted by Crippen LogP contribution is -2.37. The topological polar surface area (TPSA) is 49.4 Å². The number of thioether (sulfide) groups is 1. The number of carbonyl (C=O) groups excluding carboxylic acids is 2. The molecule has 2 aromatic rings. The van der Waals surface area contributed by atoms with Gasteiger partial charge in [-0.05, 0) is 43.0 Å². The maximum absolute atomic E-state index is 12.4. The van der Waals surface area contributed by atoms with E-state index in [1.165, 1.54) is 4.90 Å². The lowest BCUT2D eigenvalue weighted by molar-refractivity contribution is 0.207. The average Bonchev–Trinajstić information content (AvgIpc) is 2.55. The Kier molecular flexibility index (Phi) is 6.07. The number of imide groups is 1. The van der Waals surface area contributed by atoms with E-state index in [1.807, 2.05) is 31.2 Å². The van der Waals surface area contributed by atoms with Gasteiger partial charge in [0.15, 0.2) is 0 Å². The minimum Gasteiger partial charge on any atom is -0.307 e. The molecule has 2 rings (SSSR count). The fraction of sp³-hybridized carbons (Fsp3) is 0.176. The Morgan fingerprint density at radius 3 is 2.26 bits per heavy atom. The molecule has 0 fully saturated rings. The van der Waals surface area contributed by atoms with Crippen molar-refractivity contribution < 1.29 is 9.59 Å². The first-order valence-electron chi connectivity index (χ1n) is 6.97. The molecule has 0 bridgehead atoms. The SMILES string of the molecule is CSC(=O)N(Cc1ccc(C)cc1)C(=O)Nc1ccc(Cl)cc1. The zero-order valence-electron chi connectivity index (χ0n) is 12.9. The van der Waals surface area contributed by atoms with Gasteiger partial charge in [0.2, 0.25) is 0 Å². The second-order valence-electron chi connectivity index (χ2n) is 4.98. The fourth-order valence-electron chi connectivity index (χ4n) is 1.93. The number of halogens is 1. The van der Waals surface area contributed by atoms with Crippen LogP contribution in [0.3, 0.4) is 0 Å². The number of rotatable bonds is 3. The van der Waals surface area contributed by atoms with E-state index in [-0.39, 0.29) is 11.8 Å². The molecule has 0 aliphatic rings. The molecule has 0 atom stereocenters. The van der Waals surface area contributed by atoms with Crippen LogP contribution in [0.1, 0.15) is 11.1 Å². The van der Waals surface area contributed by atoms with Crippen molar-refractivity contribution in [1.82, 2.24) is 4.90 Å². The van der Waals surface area contributed by atoms with Crippen LogP contribution < -0.4 is 5.32 Å². The summed E-state index contributed by atoms with van der Waals surface area (Å²) in [5.74, 6) is 0. The van der Waals surface area contributed by atoms with E-state index in [1.54, 1.807) is 30.5 Å². The average molecular weight is 349 g/mol. The third-order valence-corrected chi connectivity index (χ3v) is 4.02. The summed E-state index contributed by atoms with van der Waals surface area (Å²) in [6, 6.07) is 14.0. The fourth-order valence-corrected chi connectivity index (χ4v) is 2.42. The molecule has 0 aliphatic carbocycles. The summed E-state index contributed by atoms with van der Waals surface area (Å²) in [6.07, 6.45) is 1.65. The Morgan fingerprint density at radius 2 is 1.70 bits per heavy atom. The van der Waals surface area contributed by atoms with Crippen LogP contribution in [0, 0.1) is 6.92 Å². The molecular weight excluding hydrogens is 332 g/mol. The van der Waals surface area contributed by atoms with Gasteiger partial charge in [0.25, 0.3) is 5.24 Å². The van der Waals surface area contributed by atoms with Crippen molar-refractivity contribution in [3.05, 3.63) is 64.7 Å². The maximum atomic E-state index is 12.4. The Balaban J connectivity index is 2.13. The van der Waals surface area contributed by atoms with E-state index < -0.39 is 6.03 Å². The third kappa shape index (κ3) is 5.01.